The van der Waals surface area contributed by atoms with Gasteiger partial charge in [0.15, 0.2) is 5.65 Å². The average molecular weight is 454 g/mol. The predicted octanol–water partition coefficient (Wildman–Crippen LogP) is 4.07. The van der Waals surface area contributed by atoms with Crippen molar-refractivity contribution in [3.8, 4) is 11.5 Å². The normalized spacial score (nSPS) is 11.0. The van der Waals surface area contributed by atoms with Crippen molar-refractivity contribution in [2.75, 3.05) is 14.2 Å². The lowest BCUT2D eigenvalue weighted by atomic mass is 10.2. The zero-order valence-corrected chi connectivity index (χ0v) is 17.7. The molecule has 0 saturated heterocycles. The molecule has 0 fully saturated rings. The number of nitrogens with zero attached hydrogens (tertiary/aromatic N) is 3. The van der Waals surface area contributed by atoms with Crippen LogP contribution in [-0.4, -0.2) is 28.3 Å². The van der Waals surface area contributed by atoms with Crippen molar-refractivity contribution in [3.05, 3.63) is 86.9 Å². The molecule has 29 heavy (non-hydrogen) atoms. The van der Waals surface area contributed by atoms with Gasteiger partial charge in [0, 0.05) is 10.7 Å². The van der Waals surface area contributed by atoms with E-state index < -0.39 is 0 Å². The minimum Gasteiger partial charge on any atom is -0.497 e. The quantitative estimate of drug-likeness (QED) is 0.441. The van der Waals surface area contributed by atoms with Gasteiger partial charge in [0.25, 0.3) is 0 Å². The van der Waals surface area contributed by atoms with Crippen molar-refractivity contribution in [2.45, 2.75) is 13.1 Å². The monoisotopic (exact) mass is 453 g/mol. The molecule has 148 valence electrons. The van der Waals surface area contributed by atoms with Gasteiger partial charge in [-0.25, -0.2) is 9.78 Å². The number of benzene rings is 2. The van der Waals surface area contributed by atoms with E-state index >= 15 is 0 Å². The standard InChI is InChI=1S/C22H20BrN3O3/c1-28-18-7-3-15(4-8-18)13-25-20-11-17(23)12-24-21(20)26(22(25)27)14-16-5-9-19(29-2)10-6-16/h3-12H,13-14H2,1-2H3. The summed E-state index contributed by atoms with van der Waals surface area (Å²) in [5.41, 5.74) is 3.35. The van der Waals surface area contributed by atoms with Crippen molar-refractivity contribution < 1.29 is 9.47 Å². The van der Waals surface area contributed by atoms with Gasteiger partial charge >= 0.3 is 5.69 Å². The third-order valence-corrected chi connectivity index (χ3v) is 5.26. The van der Waals surface area contributed by atoms with E-state index in [-0.39, 0.29) is 5.69 Å². The molecule has 0 bridgehead atoms. The van der Waals surface area contributed by atoms with E-state index in [4.69, 9.17) is 9.47 Å². The van der Waals surface area contributed by atoms with E-state index in [1.807, 2.05) is 54.6 Å². The number of fused-ring (bicyclic) bond motifs is 1. The molecule has 2 heterocycles. The minimum atomic E-state index is -0.0998. The average Bonchev–Trinajstić information content (AvgIpc) is 3.00. The second kappa shape index (κ2) is 8.13. The number of aromatic nitrogens is 3. The molecule has 0 unspecified atom stereocenters. The summed E-state index contributed by atoms with van der Waals surface area (Å²) in [6, 6.07) is 17.3. The fraction of sp³-hybridized carbons (Fsp3) is 0.182. The summed E-state index contributed by atoms with van der Waals surface area (Å²) in [5.74, 6) is 1.57. The molecule has 0 saturated carbocycles. The summed E-state index contributed by atoms with van der Waals surface area (Å²) in [7, 11) is 3.27. The van der Waals surface area contributed by atoms with Crippen LogP contribution in [-0.2, 0) is 13.1 Å². The van der Waals surface area contributed by atoms with Crippen molar-refractivity contribution in [2.24, 2.45) is 0 Å². The molecule has 0 spiro atoms. The Bertz CT molecular complexity index is 1200. The summed E-state index contributed by atoms with van der Waals surface area (Å²) in [5, 5.41) is 0. The van der Waals surface area contributed by atoms with Crippen LogP contribution in [0.3, 0.4) is 0 Å². The molecule has 4 rings (SSSR count). The van der Waals surface area contributed by atoms with Gasteiger partial charge in [-0.2, -0.15) is 0 Å². The van der Waals surface area contributed by atoms with Crippen molar-refractivity contribution in [1.29, 1.82) is 0 Å². The second-order valence-corrected chi connectivity index (χ2v) is 7.56. The van der Waals surface area contributed by atoms with Gasteiger partial charge in [-0.1, -0.05) is 24.3 Å². The fourth-order valence-electron chi connectivity index (χ4n) is 3.29. The van der Waals surface area contributed by atoms with Crippen LogP contribution in [0.1, 0.15) is 11.1 Å². The van der Waals surface area contributed by atoms with Gasteiger partial charge in [0.1, 0.15) is 11.5 Å². The number of pyridine rings is 1. The molecule has 4 aromatic rings. The Morgan fingerprint density at radius 2 is 1.38 bits per heavy atom. The highest BCUT2D eigenvalue weighted by Gasteiger charge is 2.16. The number of hydrogen-bond acceptors (Lipinski definition) is 4. The van der Waals surface area contributed by atoms with E-state index in [1.165, 1.54) is 0 Å². The molecule has 0 amide bonds. The summed E-state index contributed by atoms with van der Waals surface area (Å²) in [4.78, 5) is 17.8. The van der Waals surface area contributed by atoms with Crippen LogP contribution in [0.5, 0.6) is 11.5 Å². The SMILES string of the molecule is COc1ccc(Cn2c(=O)n(Cc3ccc(OC)cc3)c3ncc(Br)cc32)cc1. The Hall–Kier alpha value is -3.06. The highest BCUT2D eigenvalue weighted by Crippen LogP contribution is 2.20. The molecule has 2 aromatic carbocycles. The first-order valence-electron chi connectivity index (χ1n) is 9.09. The molecule has 0 aliphatic rings. The summed E-state index contributed by atoms with van der Waals surface area (Å²) in [6.45, 7) is 0.886. The van der Waals surface area contributed by atoms with Crippen LogP contribution >= 0.6 is 15.9 Å². The number of rotatable bonds is 6. The van der Waals surface area contributed by atoms with Crippen LogP contribution in [0.25, 0.3) is 11.2 Å². The van der Waals surface area contributed by atoms with Gasteiger partial charge in [0.05, 0.1) is 32.8 Å². The van der Waals surface area contributed by atoms with E-state index in [9.17, 15) is 4.79 Å². The minimum absolute atomic E-state index is 0.0998. The van der Waals surface area contributed by atoms with Gasteiger partial charge in [-0.05, 0) is 57.4 Å². The van der Waals surface area contributed by atoms with Gasteiger partial charge in [0.2, 0.25) is 0 Å². The fourth-order valence-corrected chi connectivity index (χ4v) is 3.61. The molecular formula is C22H20BrN3O3. The smallest absolute Gasteiger partial charge is 0.330 e. The Balaban J connectivity index is 1.76. The van der Waals surface area contributed by atoms with Crippen LogP contribution in [0, 0.1) is 0 Å². The Labute approximate surface area is 176 Å². The zero-order valence-electron chi connectivity index (χ0n) is 16.1. The number of hydrogen-bond donors (Lipinski definition) is 0. The molecule has 0 N–H and O–H groups in total. The Morgan fingerprint density at radius 3 is 1.90 bits per heavy atom. The molecule has 0 radical (unpaired) electrons. The summed E-state index contributed by atoms with van der Waals surface area (Å²) < 4.78 is 14.7. The first kappa shape index (κ1) is 19.3. The largest absolute Gasteiger partial charge is 0.497 e. The maximum absolute atomic E-state index is 13.3. The van der Waals surface area contributed by atoms with Crippen LogP contribution in [0.15, 0.2) is 70.1 Å². The zero-order chi connectivity index (χ0) is 20.4. The van der Waals surface area contributed by atoms with Crippen molar-refractivity contribution in [1.82, 2.24) is 14.1 Å². The third-order valence-electron chi connectivity index (χ3n) is 4.82. The summed E-state index contributed by atoms with van der Waals surface area (Å²) in [6.07, 6.45) is 1.71. The molecule has 0 aliphatic carbocycles. The highest BCUT2D eigenvalue weighted by atomic mass is 79.9. The maximum Gasteiger partial charge on any atom is 0.330 e. The summed E-state index contributed by atoms with van der Waals surface area (Å²) >= 11 is 3.47. The lowest BCUT2D eigenvalue weighted by Gasteiger charge is -2.05. The highest BCUT2D eigenvalue weighted by molar-refractivity contribution is 9.10. The van der Waals surface area contributed by atoms with Gasteiger partial charge in [-0.3, -0.25) is 9.13 Å². The van der Waals surface area contributed by atoms with Crippen LogP contribution < -0.4 is 15.2 Å². The Kier molecular flexibility index (Phi) is 5.40. The molecule has 2 aromatic heterocycles. The van der Waals surface area contributed by atoms with Crippen LogP contribution in [0.4, 0.5) is 0 Å². The number of imidazole rings is 1. The van der Waals surface area contributed by atoms with E-state index in [2.05, 4.69) is 20.9 Å². The number of methoxy groups -OCH3 is 2. The molecule has 6 nitrogen and oxygen atoms in total. The number of halogens is 1. The van der Waals surface area contributed by atoms with Crippen molar-refractivity contribution in [3.63, 3.8) is 0 Å². The lowest BCUT2D eigenvalue weighted by Crippen LogP contribution is -2.25. The Morgan fingerprint density at radius 1 is 0.862 bits per heavy atom. The first-order chi connectivity index (χ1) is 14.1. The first-order valence-corrected chi connectivity index (χ1v) is 9.89. The van der Waals surface area contributed by atoms with Gasteiger partial charge in [-0.15, -0.1) is 0 Å². The van der Waals surface area contributed by atoms with E-state index in [0.29, 0.717) is 18.7 Å². The van der Waals surface area contributed by atoms with Crippen molar-refractivity contribution >= 4 is 27.1 Å². The number of ether oxygens (including phenoxy) is 2. The molecule has 7 heteroatoms. The molecule has 0 aliphatic heterocycles. The molecular weight excluding hydrogens is 434 g/mol. The lowest BCUT2D eigenvalue weighted by molar-refractivity contribution is 0.414. The van der Waals surface area contributed by atoms with Crippen LogP contribution in [0.2, 0.25) is 0 Å². The van der Waals surface area contributed by atoms with E-state index in [0.717, 1.165) is 32.6 Å². The maximum atomic E-state index is 13.3. The second-order valence-electron chi connectivity index (χ2n) is 6.65. The predicted molar refractivity (Wildman–Crippen MR) is 116 cm³/mol. The topological polar surface area (TPSA) is 58.3 Å². The van der Waals surface area contributed by atoms with Gasteiger partial charge < -0.3 is 9.47 Å². The third kappa shape index (κ3) is 3.91. The molecule has 0 atom stereocenters. The van der Waals surface area contributed by atoms with E-state index in [1.54, 1.807) is 29.6 Å².